The van der Waals surface area contributed by atoms with E-state index < -0.39 is 12.6 Å². The molecule has 1 aliphatic carbocycles. The molecule has 8 aromatic carbocycles. The maximum Gasteiger partial charge on any atom is 0.172 e. The molecule has 0 saturated heterocycles. The summed E-state index contributed by atoms with van der Waals surface area (Å²) in [5.41, 5.74) is 8.48. The van der Waals surface area contributed by atoms with Crippen LogP contribution in [0.25, 0.3) is 21.7 Å². The fourth-order valence-electron chi connectivity index (χ4n) is 9.40. The Labute approximate surface area is 346 Å². The highest BCUT2D eigenvalue weighted by atomic mass is 31.2. The van der Waals surface area contributed by atoms with Crippen LogP contribution in [-0.2, 0) is 9.98 Å². The van der Waals surface area contributed by atoms with Crippen molar-refractivity contribution in [3.63, 3.8) is 0 Å². The van der Waals surface area contributed by atoms with Crippen molar-refractivity contribution in [2.75, 3.05) is 11.5 Å². The summed E-state index contributed by atoms with van der Waals surface area (Å²) in [6.45, 7) is 6.67. The predicted octanol–water partition coefficient (Wildman–Crippen LogP) is 13.0. The molecule has 0 radical (unpaired) electrons. The highest BCUT2D eigenvalue weighted by Crippen LogP contribution is 2.74. The zero-order chi connectivity index (χ0) is 40.1. The molecule has 59 heavy (non-hydrogen) atoms. The molecule has 0 fully saturated rings. The van der Waals surface area contributed by atoms with Crippen LogP contribution >= 0.6 is 7.14 Å². The Morgan fingerprint density at radius 3 is 1.68 bits per heavy atom. The van der Waals surface area contributed by atoms with Gasteiger partial charge in [0.2, 0.25) is 0 Å². The van der Waals surface area contributed by atoms with Crippen molar-refractivity contribution in [2.24, 2.45) is 0 Å². The van der Waals surface area contributed by atoms with Gasteiger partial charge in [0.1, 0.15) is 11.5 Å². The quantitative estimate of drug-likeness (QED) is 0.129. The summed E-state index contributed by atoms with van der Waals surface area (Å²) in [6.07, 6.45) is 0.0266. The van der Waals surface area contributed by atoms with Crippen molar-refractivity contribution >= 4 is 56.5 Å². The van der Waals surface area contributed by atoms with Gasteiger partial charge in [0.05, 0.1) is 18.1 Å². The minimum absolute atomic E-state index is 0.0266. The van der Waals surface area contributed by atoms with Crippen LogP contribution in [-0.4, -0.2) is 12.7 Å². The molecule has 2 atom stereocenters. The van der Waals surface area contributed by atoms with Crippen LogP contribution in [0.5, 0.6) is 11.5 Å². The van der Waals surface area contributed by atoms with Crippen LogP contribution in [0.1, 0.15) is 48.6 Å². The molecule has 0 spiro atoms. The molecule has 1 aliphatic heterocycles. The zero-order valence-electron chi connectivity index (χ0n) is 33.4. The van der Waals surface area contributed by atoms with Crippen LogP contribution in [0.3, 0.4) is 0 Å². The number of fused-ring (bicyclic) bond motifs is 5. The second kappa shape index (κ2) is 14.6. The first-order valence-corrected chi connectivity index (χ1v) is 22.1. The standard InChI is InChI=1S/C54H44NO3P/c1-4-57-45-29-24-40(25-30-45)54(41-26-31-46(32-27-41)58-37(2)3)50-36-44(55(42-18-8-5-9-19-42)43-20-10-6-11-21-43)28-33-48(50)53-52(54)49-34-38-16-14-15-17-39(38)35-51(49)59(53,56)47-22-12-7-13-23-47/h5-37H,4H2,1-3H3. The monoisotopic (exact) mass is 785 g/mol. The second-order valence-electron chi connectivity index (χ2n) is 15.5. The lowest BCUT2D eigenvalue weighted by Crippen LogP contribution is -2.30. The summed E-state index contributed by atoms with van der Waals surface area (Å²) in [5.74, 6) is 1.61. The molecule has 2 aliphatic rings. The Balaban J connectivity index is 1.35. The smallest absolute Gasteiger partial charge is 0.172 e. The van der Waals surface area contributed by atoms with Crippen molar-refractivity contribution in [3.05, 3.63) is 222 Å². The molecule has 2 unspecified atom stereocenters. The first kappa shape index (κ1) is 36.7. The SMILES string of the molecule is CCOc1ccc(C2(c3ccc(OC(C)C)cc3)C3=C(c4ccc(N(c5ccccc5)c5ccccc5)cc42)P(=O)(c2ccccc2)c2cc4ccccc4cc23)cc1. The van der Waals surface area contributed by atoms with Gasteiger partial charge < -0.3 is 18.9 Å². The Hall–Kier alpha value is -6.61. The molecule has 5 heteroatoms. The van der Waals surface area contributed by atoms with E-state index in [0.717, 1.165) is 88.6 Å². The van der Waals surface area contributed by atoms with E-state index in [9.17, 15) is 0 Å². The third-order valence-electron chi connectivity index (χ3n) is 11.7. The summed E-state index contributed by atoms with van der Waals surface area (Å²) in [7, 11) is -3.46. The Morgan fingerprint density at radius 1 is 0.559 bits per heavy atom. The van der Waals surface area contributed by atoms with Gasteiger partial charge >= 0.3 is 0 Å². The fraction of sp³-hybridized carbons (Fsp3) is 0.111. The number of allylic oxidation sites excluding steroid dienone is 1. The molecule has 10 rings (SSSR count). The highest BCUT2D eigenvalue weighted by Gasteiger charge is 2.57. The topological polar surface area (TPSA) is 38.8 Å². The Bertz CT molecular complexity index is 2870. The Kier molecular flexibility index (Phi) is 9.11. The number of anilines is 3. The van der Waals surface area contributed by atoms with Crippen molar-refractivity contribution in [1.82, 2.24) is 0 Å². The van der Waals surface area contributed by atoms with Gasteiger partial charge in [-0.1, -0.05) is 121 Å². The first-order valence-electron chi connectivity index (χ1n) is 20.4. The zero-order valence-corrected chi connectivity index (χ0v) is 34.3. The summed E-state index contributed by atoms with van der Waals surface area (Å²) in [5, 5.41) is 4.79. The maximum atomic E-state index is 16.9. The number of para-hydroxylation sites is 2. The van der Waals surface area contributed by atoms with Crippen molar-refractivity contribution in [2.45, 2.75) is 32.3 Å². The van der Waals surface area contributed by atoms with E-state index in [1.807, 2.05) is 51.1 Å². The number of hydrogen-bond acceptors (Lipinski definition) is 4. The number of benzene rings is 8. The molecular formula is C54H44NO3P. The fourth-order valence-corrected chi connectivity index (χ4v) is 12.7. The first-order chi connectivity index (χ1) is 28.9. The van der Waals surface area contributed by atoms with Crippen LogP contribution < -0.4 is 25.0 Å². The normalized spacial score (nSPS) is 17.8. The number of rotatable bonds is 10. The molecule has 0 amide bonds. The van der Waals surface area contributed by atoms with Crippen molar-refractivity contribution in [1.29, 1.82) is 0 Å². The van der Waals surface area contributed by atoms with E-state index in [1.165, 1.54) is 0 Å². The highest BCUT2D eigenvalue weighted by molar-refractivity contribution is 7.88. The van der Waals surface area contributed by atoms with Gasteiger partial charge in [0.15, 0.2) is 7.14 Å². The molecule has 0 N–H and O–H groups in total. The summed E-state index contributed by atoms with van der Waals surface area (Å²) >= 11 is 0. The lowest BCUT2D eigenvalue weighted by Gasteiger charge is -2.37. The van der Waals surface area contributed by atoms with Crippen molar-refractivity contribution < 1.29 is 14.0 Å². The average molecular weight is 786 g/mol. The van der Waals surface area contributed by atoms with Gasteiger partial charge in [-0.05, 0) is 138 Å². The third kappa shape index (κ3) is 5.85. The van der Waals surface area contributed by atoms with Gasteiger partial charge in [0.25, 0.3) is 0 Å². The summed E-state index contributed by atoms with van der Waals surface area (Å²) < 4.78 is 29.1. The van der Waals surface area contributed by atoms with Crippen LogP contribution in [0.4, 0.5) is 17.1 Å². The molecule has 288 valence electrons. The number of hydrogen-bond donors (Lipinski definition) is 0. The van der Waals surface area contributed by atoms with E-state index in [4.69, 9.17) is 9.47 Å². The van der Waals surface area contributed by atoms with E-state index in [-0.39, 0.29) is 6.10 Å². The number of nitrogens with zero attached hydrogens (tertiary/aromatic N) is 1. The average Bonchev–Trinajstić information content (AvgIpc) is 3.72. The van der Waals surface area contributed by atoms with E-state index in [0.29, 0.717) is 6.61 Å². The minimum Gasteiger partial charge on any atom is -0.494 e. The van der Waals surface area contributed by atoms with E-state index in [2.05, 4.69) is 169 Å². The van der Waals surface area contributed by atoms with E-state index in [1.54, 1.807) is 0 Å². The van der Waals surface area contributed by atoms with Crippen LogP contribution in [0.15, 0.2) is 194 Å². The van der Waals surface area contributed by atoms with Gasteiger partial charge in [0, 0.05) is 33.0 Å². The molecule has 1 heterocycles. The molecule has 0 bridgehead atoms. The van der Waals surface area contributed by atoms with Crippen LogP contribution in [0, 0.1) is 0 Å². The third-order valence-corrected chi connectivity index (χ3v) is 14.9. The Morgan fingerprint density at radius 2 is 1.10 bits per heavy atom. The van der Waals surface area contributed by atoms with E-state index >= 15 is 4.57 Å². The molecule has 4 nitrogen and oxygen atoms in total. The molecule has 0 aromatic heterocycles. The van der Waals surface area contributed by atoms with Gasteiger partial charge in [-0.25, -0.2) is 0 Å². The largest absolute Gasteiger partial charge is 0.494 e. The van der Waals surface area contributed by atoms with Gasteiger partial charge in [-0.3, -0.25) is 0 Å². The molecule has 0 saturated carbocycles. The van der Waals surface area contributed by atoms with Gasteiger partial charge in [-0.2, -0.15) is 0 Å². The lowest BCUT2D eigenvalue weighted by molar-refractivity contribution is 0.242. The second-order valence-corrected chi connectivity index (χ2v) is 18.2. The summed E-state index contributed by atoms with van der Waals surface area (Å²) in [6, 6.07) is 68.0. The maximum absolute atomic E-state index is 16.9. The number of ether oxygens (including phenoxy) is 2. The molecule has 8 aromatic rings. The van der Waals surface area contributed by atoms with Gasteiger partial charge in [-0.15, -0.1) is 0 Å². The molecular weight excluding hydrogens is 742 g/mol. The van der Waals surface area contributed by atoms with Crippen LogP contribution in [0.2, 0.25) is 0 Å². The van der Waals surface area contributed by atoms with Crippen molar-refractivity contribution in [3.8, 4) is 11.5 Å². The minimum atomic E-state index is -3.46. The predicted molar refractivity (Wildman–Crippen MR) is 245 cm³/mol. The summed E-state index contributed by atoms with van der Waals surface area (Å²) in [4.78, 5) is 2.31. The lowest BCUT2D eigenvalue weighted by atomic mass is 9.65.